The van der Waals surface area contributed by atoms with Gasteiger partial charge in [0.15, 0.2) is 11.4 Å². The van der Waals surface area contributed by atoms with E-state index < -0.39 is 41.7 Å². The number of rotatable bonds is 5. The monoisotopic (exact) mass is 413 g/mol. The summed E-state index contributed by atoms with van der Waals surface area (Å²) in [7, 11) is 0. The van der Waals surface area contributed by atoms with Crippen molar-refractivity contribution in [1.29, 1.82) is 0 Å². The molecule has 1 heterocycles. The number of carbonyl (C=O) groups excluding carboxylic acids is 2. The maximum atomic E-state index is 13.5. The fourth-order valence-electron chi connectivity index (χ4n) is 3.25. The van der Waals surface area contributed by atoms with Gasteiger partial charge in [-0.2, -0.15) is 13.2 Å². The van der Waals surface area contributed by atoms with Gasteiger partial charge in [0, 0.05) is 6.04 Å². The van der Waals surface area contributed by atoms with E-state index in [2.05, 4.69) is 20.9 Å². The predicted octanol–water partition coefficient (Wildman–Crippen LogP) is 2.60. The van der Waals surface area contributed by atoms with Crippen LogP contribution >= 0.6 is 0 Å². The zero-order valence-electron chi connectivity index (χ0n) is 15.3. The first-order valence-corrected chi connectivity index (χ1v) is 9.12. The molecule has 1 aliphatic carbocycles. The predicted molar refractivity (Wildman–Crippen MR) is 93.7 cm³/mol. The first-order valence-electron chi connectivity index (χ1n) is 9.12. The second kappa shape index (κ2) is 8.58. The molecule has 1 aliphatic rings. The van der Waals surface area contributed by atoms with Crippen molar-refractivity contribution >= 4 is 11.8 Å². The van der Waals surface area contributed by atoms with Crippen molar-refractivity contribution in [2.24, 2.45) is 0 Å². The van der Waals surface area contributed by atoms with E-state index in [0.29, 0.717) is 4.68 Å². The average molecular weight is 413 g/mol. The Bertz CT molecular complexity index is 891. The maximum Gasteiger partial charge on any atom is 0.435 e. The highest BCUT2D eigenvalue weighted by Crippen LogP contribution is 2.32. The highest BCUT2D eigenvalue weighted by atomic mass is 19.4. The first-order chi connectivity index (χ1) is 13.8. The highest BCUT2D eigenvalue weighted by Gasteiger charge is 2.42. The van der Waals surface area contributed by atoms with E-state index in [-0.39, 0.29) is 11.7 Å². The van der Waals surface area contributed by atoms with Gasteiger partial charge >= 0.3 is 6.18 Å². The van der Waals surface area contributed by atoms with Crippen molar-refractivity contribution in [2.45, 2.75) is 44.3 Å². The summed E-state index contributed by atoms with van der Waals surface area (Å²) in [5, 5.41) is 11.5. The minimum Gasteiger partial charge on any atom is -0.352 e. The lowest BCUT2D eigenvalue weighted by Crippen LogP contribution is -2.43. The molecule has 0 aliphatic heterocycles. The van der Waals surface area contributed by atoms with Gasteiger partial charge in [-0.3, -0.25) is 9.59 Å². The number of benzene rings is 1. The normalized spacial score (nSPS) is 15.2. The number of aromatic nitrogens is 3. The molecule has 1 aromatic carbocycles. The minimum atomic E-state index is -4.98. The van der Waals surface area contributed by atoms with Crippen LogP contribution in [0.25, 0.3) is 5.69 Å². The van der Waals surface area contributed by atoms with Crippen molar-refractivity contribution in [2.75, 3.05) is 6.54 Å². The van der Waals surface area contributed by atoms with Crippen molar-refractivity contribution in [3.05, 3.63) is 41.5 Å². The van der Waals surface area contributed by atoms with Crippen LogP contribution in [-0.2, 0) is 11.0 Å². The van der Waals surface area contributed by atoms with E-state index >= 15 is 0 Å². The van der Waals surface area contributed by atoms with E-state index in [1.54, 1.807) is 0 Å². The molecular formula is C18H19F4N5O2. The van der Waals surface area contributed by atoms with Gasteiger partial charge in [0.25, 0.3) is 5.91 Å². The van der Waals surface area contributed by atoms with Gasteiger partial charge in [-0.15, -0.1) is 5.10 Å². The Kier molecular flexibility index (Phi) is 6.14. The summed E-state index contributed by atoms with van der Waals surface area (Å²) in [5.41, 5.74) is -2.68. The maximum absolute atomic E-state index is 13.5. The molecule has 0 atom stereocenters. The molecule has 156 valence electrons. The zero-order chi connectivity index (χ0) is 21.0. The number of nitrogens with one attached hydrogen (secondary N) is 2. The van der Waals surface area contributed by atoms with Crippen molar-refractivity contribution in [3.8, 4) is 5.69 Å². The summed E-state index contributed by atoms with van der Waals surface area (Å²) in [5.74, 6) is -2.45. The van der Waals surface area contributed by atoms with E-state index in [1.807, 2.05) is 0 Å². The summed E-state index contributed by atoms with van der Waals surface area (Å²) in [6.07, 6.45) is -0.220. The molecule has 0 radical (unpaired) electrons. The number of carbonyl (C=O) groups is 2. The summed E-state index contributed by atoms with van der Waals surface area (Å²) in [4.78, 5) is 24.2. The van der Waals surface area contributed by atoms with Crippen LogP contribution in [0.3, 0.4) is 0 Å². The Labute approximate surface area is 163 Å². The quantitative estimate of drug-likeness (QED) is 0.738. The van der Waals surface area contributed by atoms with Gasteiger partial charge < -0.3 is 10.6 Å². The van der Waals surface area contributed by atoms with Crippen LogP contribution in [0.4, 0.5) is 17.6 Å². The Morgan fingerprint density at radius 2 is 1.90 bits per heavy atom. The number of hydrogen-bond donors (Lipinski definition) is 2. The van der Waals surface area contributed by atoms with Crippen LogP contribution in [0.15, 0.2) is 24.3 Å². The van der Waals surface area contributed by atoms with Crippen LogP contribution < -0.4 is 10.6 Å². The van der Waals surface area contributed by atoms with E-state index in [9.17, 15) is 27.2 Å². The Morgan fingerprint density at radius 3 is 2.55 bits per heavy atom. The topological polar surface area (TPSA) is 88.9 Å². The molecular weight excluding hydrogens is 394 g/mol. The fourth-order valence-corrected chi connectivity index (χ4v) is 3.25. The average Bonchev–Trinajstić information content (AvgIpc) is 3.13. The molecule has 1 aromatic heterocycles. The van der Waals surface area contributed by atoms with Crippen molar-refractivity contribution < 1.29 is 27.2 Å². The lowest BCUT2D eigenvalue weighted by Gasteiger charge is -2.22. The smallest absolute Gasteiger partial charge is 0.352 e. The number of hydrogen-bond acceptors (Lipinski definition) is 4. The number of nitrogens with zero attached hydrogens (tertiary/aromatic N) is 3. The molecule has 3 rings (SSSR count). The van der Waals surface area contributed by atoms with E-state index in [0.717, 1.165) is 44.2 Å². The molecule has 29 heavy (non-hydrogen) atoms. The van der Waals surface area contributed by atoms with Crippen molar-refractivity contribution in [3.63, 3.8) is 0 Å². The summed E-state index contributed by atoms with van der Waals surface area (Å²) < 4.78 is 54.4. The summed E-state index contributed by atoms with van der Waals surface area (Å²) >= 11 is 0. The SMILES string of the molecule is O=C(CNC(=O)c1nnn(-c2cccc(F)c2)c1C(F)(F)F)NC1CCCCC1. The van der Waals surface area contributed by atoms with Crippen LogP contribution in [0, 0.1) is 5.82 Å². The van der Waals surface area contributed by atoms with Crippen LogP contribution in [0.1, 0.15) is 48.3 Å². The van der Waals surface area contributed by atoms with Gasteiger partial charge in [-0.05, 0) is 31.0 Å². The molecule has 0 bridgehead atoms. The lowest BCUT2D eigenvalue weighted by molar-refractivity contribution is -0.143. The van der Waals surface area contributed by atoms with Crippen LogP contribution in [0.2, 0.25) is 0 Å². The van der Waals surface area contributed by atoms with Crippen LogP contribution in [-0.4, -0.2) is 39.4 Å². The standard InChI is InChI=1S/C18H19F4N5O2/c19-11-5-4-8-13(9-11)27-16(18(20,21)22)15(25-26-27)17(29)23-10-14(28)24-12-6-2-1-3-7-12/h4-5,8-9,12H,1-3,6-7,10H2,(H,23,29)(H,24,28). The Morgan fingerprint density at radius 1 is 1.17 bits per heavy atom. The van der Waals surface area contributed by atoms with Gasteiger partial charge in [0.05, 0.1) is 12.2 Å². The summed E-state index contributed by atoms with van der Waals surface area (Å²) in [6.45, 7) is -0.487. The molecule has 2 amide bonds. The molecule has 1 saturated carbocycles. The number of amides is 2. The van der Waals surface area contributed by atoms with E-state index in [1.165, 1.54) is 12.1 Å². The summed E-state index contributed by atoms with van der Waals surface area (Å²) in [6, 6.07) is 4.32. The second-order valence-corrected chi connectivity index (χ2v) is 6.76. The number of halogens is 4. The van der Waals surface area contributed by atoms with E-state index in [4.69, 9.17) is 0 Å². The molecule has 0 unspecified atom stereocenters. The second-order valence-electron chi connectivity index (χ2n) is 6.76. The van der Waals surface area contributed by atoms with Gasteiger partial charge in [0.2, 0.25) is 5.91 Å². The highest BCUT2D eigenvalue weighted by molar-refractivity contribution is 5.96. The molecule has 2 aromatic rings. The molecule has 2 N–H and O–H groups in total. The first kappa shape index (κ1) is 20.7. The number of alkyl halides is 3. The Balaban J connectivity index is 1.74. The third kappa shape index (κ3) is 5.09. The molecule has 0 saturated heterocycles. The fraction of sp³-hybridized carbons (Fsp3) is 0.444. The lowest BCUT2D eigenvalue weighted by atomic mass is 9.95. The van der Waals surface area contributed by atoms with Crippen molar-refractivity contribution in [1.82, 2.24) is 25.6 Å². The molecule has 0 spiro atoms. The van der Waals surface area contributed by atoms with Crippen LogP contribution in [0.5, 0.6) is 0 Å². The third-order valence-corrected chi connectivity index (χ3v) is 4.59. The molecule has 1 fully saturated rings. The molecule has 7 nitrogen and oxygen atoms in total. The Hall–Kier alpha value is -2.98. The largest absolute Gasteiger partial charge is 0.435 e. The van der Waals surface area contributed by atoms with Gasteiger partial charge in [-0.1, -0.05) is 30.5 Å². The third-order valence-electron chi connectivity index (χ3n) is 4.59. The van der Waals surface area contributed by atoms with Gasteiger partial charge in [0.1, 0.15) is 5.82 Å². The zero-order valence-corrected chi connectivity index (χ0v) is 15.3. The molecule has 11 heteroatoms. The van der Waals surface area contributed by atoms with Gasteiger partial charge in [-0.25, -0.2) is 9.07 Å². The minimum absolute atomic E-state index is 0.00717.